The Bertz CT molecular complexity index is 485. The summed E-state index contributed by atoms with van der Waals surface area (Å²) in [5.41, 5.74) is 1.97. The van der Waals surface area contributed by atoms with Gasteiger partial charge < -0.3 is 4.84 Å². The highest BCUT2D eigenvalue weighted by Crippen LogP contribution is 2.21. The number of thiocarbonyl (C=S) groups is 2. The molecule has 1 aliphatic heterocycles. The van der Waals surface area contributed by atoms with Crippen LogP contribution in [0.5, 0.6) is 0 Å². The predicted molar refractivity (Wildman–Crippen MR) is 68.0 cm³/mol. The van der Waals surface area contributed by atoms with E-state index in [1.807, 2.05) is 24.3 Å². The van der Waals surface area contributed by atoms with E-state index >= 15 is 0 Å². The number of carbonyl (C=O) groups excluding carboxylic acids is 1. The van der Waals surface area contributed by atoms with Crippen molar-refractivity contribution in [2.75, 3.05) is 0 Å². The van der Waals surface area contributed by atoms with Gasteiger partial charge in [0.05, 0.1) is 0 Å². The molecule has 5 heteroatoms. The predicted octanol–water partition coefficient (Wildman–Crippen LogP) is 2.03. The maximum Gasteiger partial charge on any atom is 0.329 e. The molecule has 16 heavy (non-hydrogen) atoms. The fourth-order valence-electron chi connectivity index (χ4n) is 1.56. The van der Waals surface area contributed by atoms with Gasteiger partial charge in [0.1, 0.15) is 4.99 Å². The maximum absolute atomic E-state index is 10.9. The standard InChI is InChI=1S/C11H9NO2S2/c1-7(13)14-12-10(15)6-8-4-2-3-5-9(8)11(12)16/h2-5H,6H2,1H3. The lowest BCUT2D eigenvalue weighted by molar-refractivity contribution is -0.158. The van der Waals surface area contributed by atoms with Gasteiger partial charge in [0.15, 0.2) is 4.99 Å². The van der Waals surface area contributed by atoms with Gasteiger partial charge in [-0.2, -0.15) is 5.06 Å². The van der Waals surface area contributed by atoms with Crippen molar-refractivity contribution >= 4 is 40.4 Å². The van der Waals surface area contributed by atoms with Crippen LogP contribution in [0.25, 0.3) is 0 Å². The number of hydrogen-bond donors (Lipinski definition) is 0. The molecule has 2 rings (SSSR count). The average Bonchev–Trinajstić information content (AvgIpc) is 2.24. The summed E-state index contributed by atoms with van der Waals surface area (Å²) in [5, 5.41) is 1.26. The van der Waals surface area contributed by atoms with Crippen molar-refractivity contribution in [3.63, 3.8) is 0 Å². The van der Waals surface area contributed by atoms with Crippen LogP contribution in [0.15, 0.2) is 24.3 Å². The Labute approximate surface area is 104 Å². The van der Waals surface area contributed by atoms with Gasteiger partial charge in [0.2, 0.25) is 0 Å². The lowest BCUT2D eigenvalue weighted by atomic mass is 10.0. The van der Waals surface area contributed by atoms with Gasteiger partial charge in [-0.25, -0.2) is 4.79 Å². The molecule has 0 aromatic heterocycles. The molecular formula is C11H9NO2S2. The molecule has 1 aromatic rings. The van der Waals surface area contributed by atoms with E-state index in [1.165, 1.54) is 12.0 Å². The lowest BCUT2D eigenvalue weighted by Gasteiger charge is -2.29. The van der Waals surface area contributed by atoms with Gasteiger partial charge in [-0.3, -0.25) is 0 Å². The molecule has 82 valence electrons. The largest absolute Gasteiger partial charge is 0.335 e. The second kappa shape index (κ2) is 4.27. The molecule has 0 saturated carbocycles. The Kier molecular flexibility index (Phi) is 2.98. The van der Waals surface area contributed by atoms with Crippen molar-refractivity contribution < 1.29 is 9.63 Å². The average molecular weight is 251 g/mol. The first kappa shape index (κ1) is 11.2. The maximum atomic E-state index is 10.9. The minimum atomic E-state index is -0.427. The van der Waals surface area contributed by atoms with E-state index in [1.54, 1.807) is 0 Å². The molecule has 0 atom stereocenters. The van der Waals surface area contributed by atoms with E-state index in [-0.39, 0.29) is 0 Å². The van der Waals surface area contributed by atoms with Crippen LogP contribution in [0.1, 0.15) is 18.1 Å². The topological polar surface area (TPSA) is 29.5 Å². The molecule has 1 aliphatic rings. The summed E-state index contributed by atoms with van der Waals surface area (Å²) in [6.07, 6.45) is 0.568. The van der Waals surface area contributed by atoms with Crippen LogP contribution in [0, 0.1) is 0 Å². The Morgan fingerprint density at radius 2 is 2.06 bits per heavy atom. The summed E-state index contributed by atoms with van der Waals surface area (Å²) in [4.78, 5) is 16.9. The minimum absolute atomic E-state index is 0.427. The zero-order chi connectivity index (χ0) is 11.7. The Hall–Kier alpha value is -1.33. The van der Waals surface area contributed by atoms with E-state index in [4.69, 9.17) is 29.3 Å². The van der Waals surface area contributed by atoms with Gasteiger partial charge in [-0.15, -0.1) is 0 Å². The molecule has 0 bridgehead atoms. The van der Waals surface area contributed by atoms with Crippen molar-refractivity contribution in [3.8, 4) is 0 Å². The molecule has 0 radical (unpaired) electrons. The molecule has 1 aromatic carbocycles. The van der Waals surface area contributed by atoms with E-state index in [2.05, 4.69) is 0 Å². The second-order valence-corrected chi connectivity index (χ2v) is 4.27. The molecule has 0 fully saturated rings. The third-order valence-corrected chi connectivity index (χ3v) is 2.92. The number of hydroxylamine groups is 2. The Morgan fingerprint density at radius 3 is 2.75 bits per heavy atom. The lowest BCUT2D eigenvalue weighted by Crippen LogP contribution is -2.41. The Morgan fingerprint density at radius 1 is 1.38 bits per heavy atom. The van der Waals surface area contributed by atoms with Crippen LogP contribution in [-0.4, -0.2) is 21.0 Å². The van der Waals surface area contributed by atoms with Crippen LogP contribution < -0.4 is 0 Å². The molecule has 0 aliphatic carbocycles. The number of fused-ring (bicyclic) bond motifs is 1. The first-order valence-corrected chi connectivity index (χ1v) is 5.55. The quantitative estimate of drug-likeness (QED) is 0.712. The minimum Gasteiger partial charge on any atom is -0.335 e. The first-order chi connectivity index (χ1) is 7.59. The molecule has 3 nitrogen and oxygen atoms in total. The summed E-state index contributed by atoms with van der Waals surface area (Å²) >= 11 is 10.4. The van der Waals surface area contributed by atoms with Crippen LogP contribution in [0.4, 0.5) is 0 Å². The molecular weight excluding hydrogens is 242 g/mol. The Balaban J connectivity index is 2.38. The van der Waals surface area contributed by atoms with Gasteiger partial charge in [-0.1, -0.05) is 48.7 Å². The van der Waals surface area contributed by atoms with Crippen LogP contribution in [0.2, 0.25) is 0 Å². The fraction of sp³-hybridized carbons (Fsp3) is 0.182. The van der Waals surface area contributed by atoms with E-state index in [0.717, 1.165) is 11.1 Å². The van der Waals surface area contributed by atoms with Gasteiger partial charge >= 0.3 is 5.97 Å². The van der Waals surface area contributed by atoms with Crippen molar-refractivity contribution in [1.82, 2.24) is 5.06 Å². The number of rotatable bonds is 1. The molecule has 0 amide bonds. The third kappa shape index (κ3) is 1.96. The van der Waals surface area contributed by atoms with E-state index in [0.29, 0.717) is 16.4 Å². The van der Waals surface area contributed by atoms with Crippen LogP contribution in [-0.2, 0) is 16.1 Å². The summed E-state index contributed by atoms with van der Waals surface area (Å²) in [6.45, 7) is 1.33. The summed E-state index contributed by atoms with van der Waals surface area (Å²) in [5.74, 6) is -0.427. The van der Waals surface area contributed by atoms with Gasteiger partial charge in [-0.05, 0) is 5.56 Å². The zero-order valence-electron chi connectivity index (χ0n) is 8.60. The number of nitrogens with zero attached hydrogens (tertiary/aromatic N) is 1. The fourth-order valence-corrected chi connectivity index (χ4v) is 2.25. The molecule has 0 unspecified atom stereocenters. The van der Waals surface area contributed by atoms with Crippen molar-refractivity contribution in [2.45, 2.75) is 13.3 Å². The molecule has 0 spiro atoms. The molecule has 1 heterocycles. The highest BCUT2D eigenvalue weighted by atomic mass is 32.1. The summed E-state index contributed by atoms with van der Waals surface area (Å²) in [7, 11) is 0. The normalized spacial score (nSPS) is 14.7. The smallest absolute Gasteiger partial charge is 0.329 e. The van der Waals surface area contributed by atoms with Crippen LogP contribution >= 0.6 is 24.4 Å². The molecule has 0 N–H and O–H groups in total. The van der Waals surface area contributed by atoms with Crippen molar-refractivity contribution in [1.29, 1.82) is 0 Å². The molecule has 0 saturated heterocycles. The second-order valence-electron chi connectivity index (χ2n) is 3.41. The monoisotopic (exact) mass is 251 g/mol. The van der Waals surface area contributed by atoms with E-state index in [9.17, 15) is 4.79 Å². The number of benzene rings is 1. The van der Waals surface area contributed by atoms with Gasteiger partial charge in [0.25, 0.3) is 0 Å². The van der Waals surface area contributed by atoms with Crippen molar-refractivity contribution in [3.05, 3.63) is 35.4 Å². The van der Waals surface area contributed by atoms with E-state index < -0.39 is 5.97 Å². The highest BCUT2D eigenvalue weighted by Gasteiger charge is 2.27. The highest BCUT2D eigenvalue weighted by molar-refractivity contribution is 7.82. The number of carbonyl (C=O) groups is 1. The summed E-state index contributed by atoms with van der Waals surface area (Å²) < 4.78 is 0. The number of hydrogen-bond acceptors (Lipinski definition) is 4. The van der Waals surface area contributed by atoms with Gasteiger partial charge in [0, 0.05) is 18.9 Å². The first-order valence-electron chi connectivity index (χ1n) is 4.73. The van der Waals surface area contributed by atoms with Crippen LogP contribution in [0.3, 0.4) is 0 Å². The zero-order valence-corrected chi connectivity index (χ0v) is 10.2. The summed E-state index contributed by atoms with van der Waals surface area (Å²) in [6, 6.07) is 7.70. The third-order valence-electron chi connectivity index (χ3n) is 2.22. The SMILES string of the molecule is CC(=O)ON1C(=S)Cc2ccccc2C1=S. The van der Waals surface area contributed by atoms with Crippen molar-refractivity contribution in [2.24, 2.45) is 0 Å².